The van der Waals surface area contributed by atoms with Crippen LogP contribution in [0.25, 0.3) is 17.3 Å². The van der Waals surface area contributed by atoms with E-state index in [1.54, 1.807) is 30.5 Å². The molecule has 4 rings (SSSR count). The summed E-state index contributed by atoms with van der Waals surface area (Å²) in [6.07, 6.45) is 5.55. The van der Waals surface area contributed by atoms with Crippen molar-refractivity contribution < 1.29 is 13.2 Å². The van der Waals surface area contributed by atoms with Gasteiger partial charge in [0.2, 0.25) is 5.13 Å². The highest BCUT2D eigenvalue weighted by molar-refractivity contribution is 7.92. The summed E-state index contributed by atoms with van der Waals surface area (Å²) in [5, 5.41) is 2.88. The highest BCUT2D eigenvalue weighted by atomic mass is 35.5. The molecular weight excluding hydrogens is 490 g/mol. The van der Waals surface area contributed by atoms with Crippen molar-refractivity contribution in [2.75, 3.05) is 11.8 Å². The standard InChI is InChI=1S/C25H20ClN3O3S2/c1-32-24-16-21(13-14-22(24)26)34(30,31)29-20-11-9-19(10-12-20)23-17-33-25(28-23)27-15-5-8-18-6-3-2-4-7-18/h2-17,29H,1H3/b8-5+,27-15-. The van der Waals surface area contributed by atoms with E-state index < -0.39 is 10.0 Å². The van der Waals surface area contributed by atoms with Gasteiger partial charge in [-0.15, -0.1) is 11.3 Å². The second-order valence-electron chi connectivity index (χ2n) is 7.04. The van der Waals surface area contributed by atoms with Crippen LogP contribution in [0.4, 0.5) is 10.8 Å². The second kappa shape index (κ2) is 10.6. The van der Waals surface area contributed by atoms with Crippen LogP contribution in [0.2, 0.25) is 5.02 Å². The molecule has 0 radical (unpaired) electrons. The molecule has 1 N–H and O–H groups in total. The van der Waals surface area contributed by atoms with Gasteiger partial charge in [0.05, 0.1) is 22.7 Å². The van der Waals surface area contributed by atoms with Crippen LogP contribution in [0.15, 0.2) is 94.1 Å². The van der Waals surface area contributed by atoms with Crippen LogP contribution in [0.3, 0.4) is 0 Å². The molecular formula is C25H20ClN3O3S2. The van der Waals surface area contributed by atoms with Gasteiger partial charge in [0, 0.05) is 28.9 Å². The number of ether oxygens (including phenoxy) is 1. The third-order valence-corrected chi connectivity index (χ3v) is 7.16. The molecule has 3 aromatic carbocycles. The zero-order chi connectivity index (χ0) is 24.0. The molecule has 1 heterocycles. The van der Waals surface area contributed by atoms with Crippen LogP contribution in [0, 0.1) is 0 Å². The lowest BCUT2D eigenvalue weighted by Gasteiger charge is -2.10. The molecule has 0 spiro atoms. The first-order chi connectivity index (χ1) is 16.4. The van der Waals surface area contributed by atoms with Gasteiger partial charge >= 0.3 is 0 Å². The van der Waals surface area contributed by atoms with E-state index in [1.807, 2.05) is 47.9 Å². The van der Waals surface area contributed by atoms with E-state index >= 15 is 0 Å². The second-order valence-corrected chi connectivity index (χ2v) is 9.97. The average molecular weight is 510 g/mol. The zero-order valence-electron chi connectivity index (χ0n) is 18.1. The molecule has 0 unspecified atom stereocenters. The molecule has 1 aromatic heterocycles. The van der Waals surface area contributed by atoms with E-state index in [0.717, 1.165) is 16.8 Å². The average Bonchev–Trinajstić information content (AvgIpc) is 3.32. The van der Waals surface area contributed by atoms with Gasteiger partial charge in [-0.3, -0.25) is 4.72 Å². The molecule has 0 fully saturated rings. The predicted molar refractivity (Wildman–Crippen MR) is 140 cm³/mol. The quantitative estimate of drug-likeness (QED) is 0.268. The van der Waals surface area contributed by atoms with Crippen molar-refractivity contribution in [3.8, 4) is 17.0 Å². The predicted octanol–water partition coefficient (Wildman–Crippen LogP) is 6.69. The van der Waals surface area contributed by atoms with Crippen LogP contribution < -0.4 is 9.46 Å². The monoisotopic (exact) mass is 509 g/mol. The Morgan fingerprint density at radius 3 is 2.56 bits per heavy atom. The third kappa shape index (κ3) is 5.91. The van der Waals surface area contributed by atoms with Crippen molar-refractivity contribution >= 4 is 56.1 Å². The number of aromatic nitrogens is 1. The maximum Gasteiger partial charge on any atom is 0.262 e. The molecule has 0 aliphatic carbocycles. The molecule has 172 valence electrons. The molecule has 0 bridgehead atoms. The number of halogens is 1. The van der Waals surface area contributed by atoms with Gasteiger partial charge in [-0.1, -0.05) is 60.1 Å². The van der Waals surface area contributed by atoms with Crippen LogP contribution in [0.5, 0.6) is 5.75 Å². The lowest BCUT2D eigenvalue weighted by atomic mass is 10.1. The minimum Gasteiger partial charge on any atom is -0.495 e. The Labute approximate surface area is 207 Å². The Kier molecular flexibility index (Phi) is 7.42. The van der Waals surface area contributed by atoms with Crippen LogP contribution >= 0.6 is 22.9 Å². The van der Waals surface area contributed by atoms with Gasteiger partial charge in [-0.25, -0.2) is 18.4 Å². The van der Waals surface area contributed by atoms with Gasteiger partial charge < -0.3 is 4.74 Å². The molecule has 0 atom stereocenters. The Morgan fingerprint density at radius 2 is 1.82 bits per heavy atom. The molecule has 4 aromatic rings. The van der Waals surface area contributed by atoms with E-state index in [-0.39, 0.29) is 10.6 Å². The summed E-state index contributed by atoms with van der Waals surface area (Å²) in [7, 11) is -2.37. The smallest absolute Gasteiger partial charge is 0.262 e. The maximum atomic E-state index is 12.7. The summed E-state index contributed by atoms with van der Waals surface area (Å²) in [4.78, 5) is 8.95. The molecule has 6 nitrogen and oxygen atoms in total. The number of rotatable bonds is 8. The van der Waals surface area contributed by atoms with Crippen molar-refractivity contribution in [1.82, 2.24) is 4.98 Å². The third-order valence-electron chi connectivity index (χ3n) is 4.72. The lowest BCUT2D eigenvalue weighted by Crippen LogP contribution is -2.13. The zero-order valence-corrected chi connectivity index (χ0v) is 20.4. The topological polar surface area (TPSA) is 80.7 Å². The van der Waals surface area contributed by atoms with Gasteiger partial charge in [0.1, 0.15) is 5.75 Å². The number of anilines is 1. The minimum atomic E-state index is -3.80. The summed E-state index contributed by atoms with van der Waals surface area (Å²) in [5.41, 5.74) is 3.14. The number of nitrogens with one attached hydrogen (secondary N) is 1. The Bertz CT molecular complexity index is 1430. The number of nitrogens with zero attached hydrogens (tertiary/aromatic N) is 2. The minimum absolute atomic E-state index is 0.0566. The first-order valence-electron chi connectivity index (χ1n) is 10.1. The van der Waals surface area contributed by atoms with E-state index in [9.17, 15) is 8.42 Å². The summed E-state index contributed by atoms with van der Waals surface area (Å²) in [6.45, 7) is 0. The van der Waals surface area contributed by atoms with E-state index in [4.69, 9.17) is 16.3 Å². The lowest BCUT2D eigenvalue weighted by molar-refractivity contribution is 0.413. The van der Waals surface area contributed by atoms with E-state index in [1.165, 1.54) is 36.6 Å². The van der Waals surface area contributed by atoms with Gasteiger partial charge in [-0.05, 0) is 35.9 Å². The highest BCUT2D eigenvalue weighted by Crippen LogP contribution is 2.30. The van der Waals surface area contributed by atoms with Crippen molar-refractivity contribution in [1.29, 1.82) is 0 Å². The molecule has 0 aliphatic heterocycles. The van der Waals surface area contributed by atoms with Crippen molar-refractivity contribution in [2.24, 2.45) is 4.99 Å². The number of thiazole rings is 1. The normalized spacial score (nSPS) is 11.8. The van der Waals surface area contributed by atoms with Gasteiger partial charge in [-0.2, -0.15) is 0 Å². The number of hydrogen-bond donors (Lipinski definition) is 1. The first kappa shape index (κ1) is 23.7. The number of allylic oxidation sites excluding steroid dienone is 1. The first-order valence-corrected chi connectivity index (χ1v) is 12.9. The van der Waals surface area contributed by atoms with Gasteiger partial charge in [0.25, 0.3) is 10.0 Å². The Hall–Kier alpha value is -3.46. The molecule has 0 aliphatic rings. The summed E-state index contributed by atoms with van der Waals surface area (Å²) >= 11 is 7.42. The number of sulfonamides is 1. The van der Waals surface area contributed by atoms with Gasteiger partial charge in [0.15, 0.2) is 0 Å². The maximum absolute atomic E-state index is 12.7. The van der Waals surface area contributed by atoms with E-state index in [0.29, 0.717) is 15.8 Å². The van der Waals surface area contributed by atoms with Crippen molar-refractivity contribution in [3.63, 3.8) is 0 Å². The highest BCUT2D eigenvalue weighted by Gasteiger charge is 2.16. The largest absolute Gasteiger partial charge is 0.495 e. The number of methoxy groups -OCH3 is 1. The SMILES string of the molecule is COc1cc(S(=O)(=O)Nc2ccc(-c3csc(/N=C\C=C\c4ccccc4)n3)cc2)ccc1Cl. The molecule has 34 heavy (non-hydrogen) atoms. The fraction of sp³-hybridized carbons (Fsp3) is 0.0400. The van der Waals surface area contributed by atoms with Crippen molar-refractivity contribution in [3.05, 3.63) is 94.8 Å². The number of benzene rings is 3. The van der Waals surface area contributed by atoms with Crippen LogP contribution in [-0.2, 0) is 10.0 Å². The summed E-state index contributed by atoms with van der Waals surface area (Å²) in [6, 6.07) is 21.2. The Morgan fingerprint density at radius 1 is 1.06 bits per heavy atom. The fourth-order valence-corrected chi connectivity index (χ4v) is 4.96. The van der Waals surface area contributed by atoms with Crippen LogP contribution in [0.1, 0.15) is 5.56 Å². The van der Waals surface area contributed by atoms with E-state index in [2.05, 4.69) is 14.7 Å². The summed E-state index contributed by atoms with van der Waals surface area (Å²) < 4.78 is 33.1. The van der Waals surface area contributed by atoms with Crippen molar-refractivity contribution in [2.45, 2.75) is 4.90 Å². The molecule has 0 amide bonds. The molecule has 0 saturated heterocycles. The summed E-state index contributed by atoms with van der Waals surface area (Å²) in [5.74, 6) is 0.289. The number of hydrogen-bond acceptors (Lipinski definition) is 6. The van der Waals surface area contributed by atoms with Crippen LogP contribution in [-0.4, -0.2) is 26.7 Å². The molecule has 9 heteroatoms. The number of aliphatic imine (C=N–C) groups is 1. The molecule has 0 saturated carbocycles. The Balaban J connectivity index is 1.42. The fourth-order valence-electron chi connectivity index (χ4n) is 3.01.